The molecule has 3 nitrogen and oxygen atoms in total. The van der Waals surface area contributed by atoms with Crippen molar-refractivity contribution >= 4 is 5.97 Å². The number of likely N-dealkylation sites (tertiary alicyclic amines) is 1. The van der Waals surface area contributed by atoms with E-state index < -0.39 is 0 Å². The maximum absolute atomic E-state index is 12.0. The van der Waals surface area contributed by atoms with Crippen molar-refractivity contribution in [3.63, 3.8) is 0 Å². The second-order valence-corrected chi connectivity index (χ2v) is 6.55. The summed E-state index contributed by atoms with van der Waals surface area (Å²) in [4.78, 5) is 14.4. The van der Waals surface area contributed by atoms with Gasteiger partial charge in [0.15, 0.2) is 0 Å². The average molecular weight is 237 g/mol. The van der Waals surface area contributed by atoms with Gasteiger partial charge in [0.2, 0.25) is 0 Å². The van der Waals surface area contributed by atoms with Gasteiger partial charge in [-0.1, -0.05) is 5.57 Å². The van der Waals surface area contributed by atoms with Crippen LogP contribution < -0.4 is 0 Å². The summed E-state index contributed by atoms with van der Waals surface area (Å²) in [5, 5.41) is 0. The largest absolute Gasteiger partial charge is 0.465 e. The minimum Gasteiger partial charge on any atom is -0.465 e. The number of rotatable bonds is 0. The maximum Gasteiger partial charge on any atom is 0.314 e. The molecule has 0 N–H and O–H groups in total. The number of hydrogen-bond acceptors (Lipinski definition) is 3. The summed E-state index contributed by atoms with van der Waals surface area (Å²) in [6, 6.07) is 0. The number of cyclic esters (lactones) is 1. The van der Waals surface area contributed by atoms with Crippen LogP contribution in [0, 0.1) is 5.41 Å². The first kappa shape index (κ1) is 12.5. The van der Waals surface area contributed by atoms with Gasteiger partial charge < -0.3 is 9.64 Å². The number of nitrogens with zero attached hydrogens (tertiary/aromatic N) is 1. The lowest BCUT2D eigenvalue weighted by Gasteiger charge is -2.36. The van der Waals surface area contributed by atoms with E-state index >= 15 is 0 Å². The van der Waals surface area contributed by atoms with Crippen molar-refractivity contribution in [3.8, 4) is 0 Å². The second kappa shape index (κ2) is 3.76. The van der Waals surface area contributed by atoms with E-state index in [9.17, 15) is 4.79 Å². The number of allylic oxidation sites excluding steroid dienone is 2. The van der Waals surface area contributed by atoms with Crippen LogP contribution in [0.1, 0.15) is 47.5 Å². The van der Waals surface area contributed by atoms with Gasteiger partial charge in [0.25, 0.3) is 0 Å². The highest BCUT2D eigenvalue weighted by Crippen LogP contribution is 2.47. The van der Waals surface area contributed by atoms with Crippen LogP contribution in [0.4, 0.5) is 0 Å². The molecule has 0 bridgehead atoms. The van der Waals surface area contributed by atoms with Gasteiger partial charge in [-0.05, 0) is 41.0 Å². The summed E-state index contributed by atoms with van der Waals surface area (Å²) in [5.41, 5.74) is 2.45. The Labute approximate surface area is 104 Å². The molecule has 0 aromatic heterocycles. The highest BCUT2D eigenvalue weighted by Gasteiger charge is 2.53. The second-order valence-electron chi connectivity index (χ2n) is 6.55. The third-order valence-electron chi connectivity index (χ3n) is 3.93. The zero-order chi connectivity index (χ0) is 12.8. The van der Waals surface area contributed by atoms with Gasteiger partial charge in [-0.2, -0.15) is 0 Å². The molecule has 2 fully saturated rings. The van der Waals surface area contributed by atoms with Gasteiger partial charge in [-0.25, -0.2) is 0 Å². The topological polar surface area (TPSA) is 29.5 Å². The molecular weight excluding hydrogens is 214 g/mol. The van der Waals surface area contributed by atoms with Crippen LogP contribution in [0.3, 0.4) is 0 Å². The molecule has 2 rings (SSSR count). The first-order chi connectivity index (χ1) is 7.76. The van der Waals surface area contributed by atoms with Crippen LogP contribution in [-0.4, -0.2) is 29.6 Å². The fourth-order valence-electron chi connectivity index (χ4n) is 2.86. The van der Waals surface area contributed by atoms with Gasteiger partial charge in [0.05, 0.1) is 12.0 Å². The van der Waals surface area contributed by atoms with Crippen molar-refractivity contribution in [1.29, 1.82) is 0 Å². The molecule has 3 heteroatoms. The molecule has 96 valence electrons. The molecular formula is C14H23NO2. The summed E-state index contributed by atoms with van der Waals surface area (Å²) in [7, 11) is 0. The minimum atomic E-state index is -0.264. The number of carbonyl (C=O) groups is 1. The molecule has 0 aromatic carbocycles. The molecule has 2 saturated heterocycles. The summed E-state index contributed by atoms with van der Waals surface area (Å²) in [5.74, 6) is 0.00278. The number of hydrogen-bond donors (Lipinski definition) is 0. The van der Waals surface area contributed by atoms with Gasteiger partial charge >= 0.3 is 5.97 Å². The number of esters is 1. The third-order valence-corrected chi connectivity index (χ3v) is 3.93. The molecule has 0 aliphatic carbocycles. The Balaban J connectivity index is 2.37. The van der Waals surface area contributed by atoms with Gasteiger partial charge in [-0.3, -0.25) is 4.79 Å². The number of carbonyl (C=O) groups excluding carboxylic acids is 1. The van der Waals surface area contributed by atoms with Crippen molar-refractivity contribution in [3.05, 3.63) is 11.3 Å². The molecule has 2 aliphatic rings. The molecule has 1 atom stereocenters. The molecule has 0 aromatic rings. The van der Waals surface area contributed by atoms with Crippen LogP contribution in [0.5, 0.6) is 0 Å². The standard InChI is InChI=1S/C14H23NO2/c1-10(2)11-8-14(6-7-17-12(14)16)9-15(11)13(3,4)5/h6-9H2,1-5H3. The highest BCUT2D eigenvalue weighted by atomic mass is 16.5. The fourth-order valence-corrected chi connectivity index (χ4v) is 2.86. The average Bonchev–Trinajstić information content (AvgIpc) is 2.73. The Morgan fingerprint density at radius 3 is 2.35 bits per heavy atom. The van der Waals surface area contributed by atoms with Crippen molar-refractivity contribution in [2.75, 3.05) is 13.2 Å². The summed E-state index contributed by atoms with van der Waals surface area (Å²) < 4.78 is 5.19. The zero-order valence-corrected chi connectivity index (χ0v) is 11.6. The summed E-state index contributed by atoms with van der Waals surface area (Å²) in [6.07, 6.45) is 1.72. The van der Waals surface area contributed by atoms with Crippen molar-refractivity contribution < 1.29 is 9.53 Å². The van der Waals surface area contributed by atoms with Crippen molar-refractivity contribution in [1.82, 2.24) is 4.90 Å². The fraction of sp³-hybridized carbons (Fsp3) is 0.786. The molecule has 2 aliphatic heterocycles. The van der Waals surface area contributed by atoms with E-state index in [0.717, 1.165) is 19.4 Å². The van der Waals surface area contributed by atoms with Crippen LogP contribution >= 0.6 is 0 Å². The van der Waals surface area contributed by atoms with Gasteiger partial charge in [-0.15, -0.1) is 0 Å². The Kier molecular flexibility index (Phi) is 2.75. The molecule has 1 spiro atoms. The molecule has 2 heterocycles. The number of ether oxygens (including phenoxy) is 1. The van der Waals surface area contributed by atoms with Crippen LogP contribution in [0.15, 0.2) is 11.3 Å². The van der Waals surface area contributed by atoms with E-state index in [1.165, 1.54) is 11.3 Å². The lowest BCUT2D eigenvalue weighted by atomic mass is 9.85. The summed E-state index contributed by atoms with van der Waals surface area (Å²) >= 11 is 0. The zero-order valence-electron chi connectivity index (χ0n) is 11.6. The van der Waals surface area contributed by atoms with E-state index in [4.69, 9.17) is 4.74 Å². The SMILES string of the molecule is CC(C)=C1CC2(CCOC2=O)CN1C(C)(C)C. The normalized spacial score (nSPS) is 29.1. The van der Waals surface area contributed by atoms with Crippen LogP contribution in [-0.2, 0) is 9.53 Å². The Morgan fingerprint density at radius 2 is 2.00 bits per heavy atom. The molecule has 0 amide bonds. The maximum atomic E-state index is 12.0. The quantitative estimate of drug-likeness (QED) is 0.607. The molecule has 0 radical (unpaired) electrons. The Bertz CT molecular complexity index is 374. The van der Waals surface area contributed by atoms with E-state index in [-0.39, 0.29) is 16.9 Å². The lowest BCUT2D eigenvalue weighted by Crippen LogP contribution is -2.41. The first-order valence-corrected chi connectivity index (χ1v) is 6.37. The Morgan fingerprint density at radius 1 is 1.35 bits per heavy atom. The highest BCUT2D eigenvalue weighted by molar-refractivity contribution is 5.80. The predicted molar refractivity (Wildman–Crippen MR) is 67.5 cm³/mol. The first-order valence-electron chi connectivity index (χ1n) is 6.37. The summed E-state index contributed by atoms with van der Waals surface area (Å²) in [6.45, 7) is 12.3. The van der Waals surface area contributed by atoms with Crippen molar-refractivity contribution in [2.45, 2.75) is 53.0 Å². The van der Waals surface area contributed by atoms with E-state index in [2.05, 4.69) is 39.5 Å². The smallest absolute Gasteiger partial charge is 0.314 e. The third kappa shape index (κ3) is 1.96. The van der Waals surface area contributed by atoms with Crippen LogP contribution in [0.2, 0.25) is 0 Å². The molecule has 1 unspecified atom stereocenters. The minimum absolute atomic E-state index is 0.00278. The monoisotopic (exact) mass is 237 g/mol. The van der Waals surface area contributed by atoms with E-state index in [1.807, 2.05) is 0 Å². The Hall–Kier alpha value is -0.990. The molecule has 17 heavy (non-hydrogen) atoms. The van der Waals surface area contributed by atoms with Crippen LogP contribution in [0.25, 0.3) is 0 Å². The van der Waals surface area contributed by atoms with E-state index in [0.29, 0.717) is 6.61 Å². The predicted octanol–water partition coefficient (Wildman–Crippen LogP) is 2.72. The van der Waals surface area contributed by atoms with Crippen molar-refractivity contribution in [2.24, 2.45) is 5.41 Å². The van der Waals surface area contributed by atoms with Gasteiger partial charge in [0, 0.05) is 24.2 Å². The lowest BCUT2D eigenvalue weighted by molar-refractivity contribution is -0.145. The van der Waals surface area contributed by atoms with Gasteiger partial charge in [0.1, 0.15) is 0 Å². The van der Waals surface area contributed by atoms with E-state index in [1.54, 1.807) is 0 Å². The molecule has 0 saturated carbocycles.